The molecule has 9 nitrogen and oxygen atoms in total. The van der Waals surface area contributed by atoms with E-state index in [-0.39, 0.29) is 0 Å². The molecule has 286 valence electrons. The van der Waals surface area contributed by atoms with Crippen LogP contribution in [0.2, 0.25) is 0 Å². The van der Waals surface area contributed by atoms with E-state index in [1.807, 2.05) is 105 Å². The molecule has 0 saturated carbocycles. The second-order valence-corrected chi connectivity index (χ2v) is 15.1. The molecule has 0 aliphatic carbocycles. The minimum absolute atomic E-state index is 0.383. The fraction of sp³-hybridized carbons (Fsp3) is 0.0377. The van der Waals surface area contributed by atoms with Crippen molar-refractivity contribution in [2.45, 2.75) is 13.8 Å². The molecule has 0 aliphatic rings. The van der Waals surface area contributed by atoms with Crippen LogP contribution in [0.15, 0.2) is 140 Å². The quantitative estimate of drug-likeness (QED) is 0.168. The van der Waals surface area contributed by atoms with E-state index in [1.165, 1.54) is 0 Å². The first-order valence-electron chi connectivity index (χ1n) is 19.7. The number of benzene rings is 7. The highest BCUT2D eigenvalue weighted by Crippen LogP contribution is 2.42. The summed E-state index contributed by atoms with van der Waals surface area (Å²) >= 11 is 0. The first-order valence-corrected chi connectivity index (χ1v) is 19.7. The van der Waals surface area contributed by atoms with Crippen LogP contribution in [0, 0.1) is 70.5 Å². The van der Waals surface area contributed by atoms with E-state index in [9.17, 15) is 26.3 Å². The van der Waals surface area contributed by atoms with Crippen LogP contribution in [0.5, 0.6) is 0 Å². The number of rotatable bonds is 5. The van der Waals surface area contributed by atoms with Crippen LogP contribution in [-0.4, -0.2) is 19.1 Å². The van der Waals surface area contributed by atoms with Crippen LogP contribution >= 0.6 is 0 Å². The first kappa shape index (κ1) is 37.0. The number of para-hydroxylation sites is 2. The van der Waals surface area contributed by atoms with Gasteiger partial charge in [0.15, 0.2) is 5.82 Å². The molecule has 0 atom stereocenters. The standard InChI is InChI=1S/C53H29N9/c1-31-19-32(2)60-53(59-31)37-24-51(61-47-9-5-3-7-42(47)44-17-13-35(22-49(44)61)40-15-11-33(26-54)20-38(40)28-56)46(30-58)52(25-37)62-48-10-6-4-8-43(48)45-18-14-36(23-50(45)62)41-16-12-34(27-55)21-39(41)29-57/h3-25H,1-2H3. The number of aromatic nitrogens is 4. The summed E-state index contributed by atoms with van der Waals surface area (Å²) < 4.78 is 4.21. The molecule has 10 aromatic rings. The largest absolute Gasteiger partial charge is 0.308 e. The highest BCUT2D eigenvalue weighted by Gasteiger charge is 2.24. The predicted octanol–water partition coefficient (Wildman–Crippen LogP) is 11.6. The third-order valence-corrected chi connectivity index (χ3v) is 11.4. The number of fused-ring (bicyclic) bond motifs is 6. The number of hydrogen-bond donors (Lipinski definition) is 0. The Morgan fingerprint density at radius 2 is 0.855 bits per heavy atom. The van der Waals surface area contributed by atoms with Crippen molar-refractivity contribution in [3.05, 3.63) is 179 Å². The van der Waals surface area contributed by atoms with Crippen molar-refractivity contribution in [3.63, 3.8) is 0 Å². The van der Waals surface area contributed by atoms with Gasteiger partial charge >= 0.3 is 0 Å². The van der Waals surface area contributed by atoms with Crippen LogP contribution in [0.1, 0.15) is 39.2 Å². The number of aryl methyl sites for hydroxylation is 2. The molecule has 0 bridgehead atoms. The summed E-state index contributed by atoms with van der Waals surface area (Å²) in [6, 6.07) is 55.8. The Labute approximate surface area is 355 Å². The van der Waals surface area contributed by atoms with Crippen LogP contribution in [-0.2, 0) is 0 Å². The first-order chi connectivity index (χ1) is 30.3. The Kier molecular flexibility index (Phi) is 8.64. The van der Waals surface area contributed by atoms with E-state index in [4.69, 9.17) is 9.97 Å². The summed E-state index contributed by atoms with van der Waals surface area (Å²) in [5.41, 5.74) is 11.8. The van der Waals surface area contributed by atoms with Crippen molar-refractivity contribution >= 4 is 43.6 Å². The molecule has 3 heterocycles. The maximum Gasteiger partial charge on any atom is 0.159 e. The molecule has 0 N–H and O–H groups in total. The zero-order valence-corrected chi connectivity index (χ0v) is 33.3. The van der Waals surface area contributed by atoms with E-state index in [1.54, 1.807) is 36.4 Å². The van der Waals surface area contributed by atoms with Crippen molar-refractivity contribution in [1.82, 2.24) is 19.1 Å². The van der Waals surface area contributed by atoms with Crippen molar-refractivity contribution in [3.8, 4) is 75.4 Å². The smallest absolute Gasteiger partial charge is 0.159 e. The van der Waals surface area contributed by atoms with Gasteiger partial charge in [0.25, 0.3) is 0 Å². The van der Waals surface area contributed by atoms with E-state index in [2.05, 4.69) is 51.6 Å². The number of nitriles is 5. The molecule has 0 fully saturated rings. The van der Waals surface area contributed by atoms with Gasteiger partial charge in [-0.05, 0) is 103 Å². The normalized spacial score (nSPS) is 11.0. The molecule has 0 saturated heterocycles. The lowest BCUT2D eigenvalue weighted by molar-refractivity contribution is 1.05. The zero-order valence-electron chi connectivity index (χ0n) is 33.3. The van der Waals surface area contributed by atoms with Crippen LogP contribution < -0.4 is 0 Å². The van der Waals surface area contributed by atoms with Gasteiger partial charge in [0, 0.05) is 38.5 Å². The fourth-order valence-electron chi connectivity index (χ4n) is 8.77. The van der Waals surface area contributed by atoms with Gasteiger partial charge in [-0.15, -0.1) is 0 Å². The maximum absolute atomic E-state index is 11.5. The van der Waals surface area contributed by atoms with Crippen molar-refractivity contribution in [2.75, 3.05) is 0 Å². The summed E-state index contributed by atoms with van der Waals surface area (Å²) in [6.07, 6.45) is 0. The van der Waals surface area contributed by atoms with Gasteiger partial charge in [-0.3, -0.25) is 0 Å². The lowest BCUT2D eigenvalue weighted by atomic mass is 9.97. The van der Waals surface area contributed by atoms with E-state index >= 15 is 0 Å². The average Bonchev–Trinajstić information content (AvgIpc) is 3.82. The Hall–Kier alpha value is -9.33. The predicted molar refractivity (Wildman–Crippen MR) is 240 cm³/mol. The molecule has 0 unspecified atom stereocenters. The summed E-state index contributed by atoms with van der Waals surface area (Å²) in [4.78, 5) is 9.82. The third-order valence-electron chi connectivity index (χ3n) is 11.4. The van der Waals surface area contributed by atoms with Gasteiger partial charge in [-0.1, -0.05) is 72.8 Å². The van der Waals surface area contributed by atoms with Crippen molar-refractivity contribution in [2.24, 2.45) is 0 Å². The fourth-order valence-corrected chi connectivity index (χ4v) is 8.77. The molecule has 0 radical (unpaired) electrons. The topological polar surface area (TPSA) is 155 Å². The highest BCUT2D eigenvalue weighted by molar-refractivity contribution is 6.12. The minimum Gasteiger partial charge on any atom is -0.308 e. The second-order valence-electron chi connectivity index (χ2n) is 15.1. The van der Waals surface area contributed by atoms with E-state index < -0.39 is 0 Å². The van der Waals surface area contributed by atoms with Crippen LogP contribution in [0.25, 0.3) is 88.6 Å². The Morgan fingerprint density at radius 1 is 0.403 bits per heavy atom. The SMILES string of the molecule is Cc1cc(C)nc(-c2cc(-n3c4ccccc4c4ccc(-c5ccc(C#N)cc5C#N)cc43)c(C#N)c(-n3c4ccccc4c4ccc(-c5ccc(C#N)cc5C#N)cc43)c2)n1. The van der Waals surface area contributed by atoms with Gasteiger partial charge in [0.05, 0.1) is 80.0 Å². The lowest BCUT2D eigenvalue weighted by Gasteiger charge is -2.18. The molecular weight excluding hydrogens is 763 g/mol. The summed E-state index contributed by atoms with van der Waals surface area (Å²) in [5, 5.41) is 54.8. The molecule has 0 aliphatic heterocycles. The average molecular weight is 792 g/mol. The summed E-state index contributed by atoms with van der Waals surface area (Å²) in [7, 11) is 0. The van der Waals surface area contributed by atoms with Gasteiger partial charge in [0.2, 0.25) is 0 Å². The van der Waals surface area contributed by atoms with Gasteiger partial charge in [-0.25, -0.2) is 9.97 Å². The Morgan fingerprint density at radius 3 is 1.29 bits per heavy atom. The second kappa shape index (κ2) is 14.5. The Bertz CT molecular complexity index is 3560. The Balaban J connectivity index is 1.33. The van der Waals surface area contributed by atoms with Gasteiger partial charge < -0.3 is 9.13 Å². The molecule has 3 aromatic heterocycles. The van der Waals surface area contributed by atoms with Crippen LogP contribution in [0.3, 0.4) is 0 Å². The van der Waals surface area contributed by atoms with Crippen molar-refractivity contribution < 1.29 is 0 Å². The highest BCUT2D eigenvalue weighted by atomic mass is 15.0. The van der Waals surface area contributed by atoms with Gasteiger partial charge in [0.1, 0.15) is 11.6 Å². The molecule has 62 heavy (non-hydrogen) atoms. The number of nitrogens with zero attached hydrogens (tertiary/aromatic N) is 9. The number of hydrogen-bond acceptors (Lipinski definition) is 7. The van der Waals surface area contributed by atoms with E-state index in [0.717, 1.165) is 66.1 Å². The maximum atomic E-state index is 11.5. The molecular formula is C53H29N9. The summed E-state index contributed by atoms with van der Waals surface area (Å²) in [6.45, 7) is 3.87. The van der Waals surface area contributed by atoms with Crippen molar-refractivity contribution in [1.29, 1.82) is 26.3 Å². The van der Waals surface area contributed by atoms with Gasteiger partial charge in [-0.2, -0.15) is 26.3 Å². The lowest BCUT2D eigenvalue weighted by Crippen LogP contribution is -2.06. The molecule has 0 spiro atoms. The van der Waals surface area contributed by atoms with Crippen LogP contribution in [0.4, 0.5) is 0 Å². The zero-order chi connectivity index (χ0) is 42.6. The molecule has 9 heteroatoms. The van der Waals surface area contributed by atoms with E-state index in [0.29, 0.717) is 61.7 Å². The molecule has 0 amide bonds. The minimum atomic E-state index is 0.383. The molecule has 10 rings (SSSR count). The summed E-state index contributed by atoms with van der Waals surface area (Å²) in [5.74, 6) is 0.505. The third kappa shape index (κ3) is 5.81. The monoisotopic (exact) mass is 791 g/mol. The molecule has 7 aromatic carbocycles.